The second-order valence-corrected chi connectivity index (χ2v) is 2.62. The predicted molar refractivity (Wildman–Crippen MR) is 50.3 cm³/mol. The Balaban J connectivity index is 2.63. The number of rotatable bonds is 4. The number of nitrogens with one attached hydrogen (secondary N) is 1. The van der Waals surface area contributed by atoms with Crippen molar-refractivity contribution in [2.75, 3.05) is 13.7 Å². The Morgan fingerprint density at radius 1 is 1.54 bits per heavy atom. The molecule has 0 aliphatic heterocycles. The van der Waals surface area contributed by atoms with Gasteiger partial charge in [0.2, 0.25) is 0 Å². The standard InChI is InChI=1S/C10H12N2O/c1-12-8-9-3-2-4-10(7-9)13-6-5-11/h2-4,7,12H,6,8H2,1H3. The van der Waals surface area contributed by atoms with Crippen molar-refractivity contribution < 1.29 is 4.74 Å². The highest BCUT2D eigenvalue weighted by molar-refractivity contribution is 5.28. The second kappa shape index (κ2) is 5.18. The summed E-state index contributed by atoms with van der Waals surface area (Å²) in [5, 5.41) is 11.4. The maximum Gasteiger partial charge on any atom is 0.174 e. The lowest BCUT2D eigenvalue weighted by Gasteiger charge is -2.04. The van der Waals surface area contributed by atoms with Crippen LogP contribution in [0.15, 0.2) is 24.3 Å². The maximum atomic E-state index is 8.31. The molecule has 0 spiro atoms. The molecule has 0 aromatic heterocycles. The molecule has 0 fully saturated rings. The van der Waals surface area contributed by atoms with E-state index in [0.29, 0.717) is 0 Å². The van der Waals surface area contributed by atoms with Gasteiger partial charge in [0.1, 0.15) is 11.8 Å². The van der Waals surface area contributed by atoms with Crippen LogP contribution < -0.4 is 10.1 Å². The van der Waals surface area contributed by atoms with E-state index in [-0.39, 0.29) is 6.61 Å². The Morgan fingerprint density at radius 2 is 2.38 bits per heavy atom. The van der Waals surface area contributed by atoms with E-state index >= 15 is 0 Å². The first-order valence-corrected chi connectivity index (χ1v) is 4.10. The Labute approximate surface area is 77.9 Å². The molecule has 3 nitrogen and oxygen atoms in total. The molecule has 0 saturated heterocycles. The topological polar surface area (TPSA) is 45.0 Å². The van der Waals surface area contributed by atoms with Gasteiger partial charge in [-0.1, -0.05) is 12.1 Å². The lowest BCUT2D eigenvalue weighted by Crippen LogP contribution is -2.05. The van der Waals surface area contributed by atoms with Crippen molar-refractivity contribution in [2.24, 2.45) is 0 Å². The van der Waals surface area contributed by atoms with E-state index < -0.39 is 0 Å². The molecule has 0 atom stereocenters. The summed E-state index contributed by atoms with van der Waals surface area (Å²) in [5.41, 5.74) is 1.15. The first-order valence-electron chi connectivity index (χ1n) is 4.10. The van der Waals surface area contributed by atoms with Crippen LogP contribution in [0.25, 0.3) is 0 Å². The van der Waals surface area contributed by atoms with E-state index in [1.807, 2.05) is 37.4 Å². The lowest BCUT2D eigenvalue weighted by molar-refractivity contribution is 0.367. The fraction of sp³-hybridized carbons (Fsp3) is 0.300. The van der Waals surface area contributed by atoms with Crippen LogP contribution in [0, 0.1) is 11.3 Å². The third-order valence-electron chi connectivity index (χ3n) is 1.58. The van der Waals surface area contributed by atoms with Crippen molar-refractivity contribution in [2.45, 2.75) is 6.54 Å². The van der Waals surface area contributed by atoms with Gasteiger partial charge < -0.3 is 10.1 Å². The van der Waals surface area contributed by atoms with Gasteiger partial charge in [0.15, 0.2) is 6.61 Å². The SMILES string of the molecule is CNCc1cccc(OCC#N)c1. The van der Waals surface area contributed by atoms with Gasteiger partial charge in [-0.05, 0) is 24.7 Å². The van der Waals surface area contributed by atoms with Crippen molar-refractivity contribution in [3.8, 4) is 11.8 Å². The molecule has 0 amide bonds. The molecule has 13 heavy (non-hydrogen) atoms. The van der Waals surface area contributed by atoms with Crippen LogP contribution >= 0.6 is 0 Å². The summed E-state index contributed by atoms with van der Waals surface area (Å²) in [5.74, 6) is 0.745. The molecular formula is C10H12N2O. The molecule has 0 heterocycles. The zero-order valence-corrected chi connectivity index (χ0v) is 7.58. The molecule has 1 N–H and O–H groups in total. The monoisotopic (exact) mass is 176 g/mol. The van der Waals surface area contributed by atoms with E-state index in [1.54, 1.807) is 0 Å². The first kappa shape index (κ1) is 9.56. The molecule has 1 aromatic rings. The van der Waals surface area contributed by atoms with E-state index in [9.17, 15) is 0 Å². The molecule has 3 heteroatoms. The summed E-state index contributed by atoms with van der Waals surface area (Å²) in [4.78, 5) is 0. The molecule has 1 rings (SSSR count). The third-order valence-corrected chi connectivity index (χ3v) is 1.58. The minimum atomic E-state index is 0.100. The Morgan fingerprint density at radius 3 is 3.08 bits per heavy atom. The van der Waals surface area contributed by atoms with Crippen LogP contribution in [-0.4, -0.2) is 13.7 Å². The van der Waals surface area contributed by atoms with Crippen molar-refractivity contribution >= 4 is 0 Å². The van der Waals surface area contributed by atoms with Gasteiger partial charge in [0.25, 0.3) is 0 Å². The van der Waals surface area contributed by atoms with Crippen molar-refractivity contribution in [3.05, 3.63) is 29.8 Å². The van der Waals surface area contributed by atoms with Crippen molar-refractivity contribution in [3.63, 3.8) is 0 Å². The van der Waals surface area contributed by atoms with Crippen LogP contribution in [0.1, 0.15) is 5.56 Å². The zero-order chi connectivity index (χ0) is 9.52. The largest absolute Gasteiger partial charge is 0.479 e. The molecule has 0 saturated carbocycles. The predicted octanol–water partition coefficient (Wildman–Crippen LogP) is 1.31. The van der Waals surface area contributed by atoms with Gasteiger partial charge in [0.05, 0.1) is 0 Å². The highest BCUT2D eigenvalue weighted by Gasteiger charge is 1.94. The second-order valence-electron chi connectivity index (χ2n) is 2.62. The molecule has 1 aromatic carbocycles. The van der Waals surface area contributed by atoms with Gasteiger partial charge in [-0.2, -0.15) is 5.26 Å². The molecule has 68 valence electrons. The Kier molecular flexibility index (Phi) is 3.80. The molecule has 0 aliphatic rings. The number of benzene rings is 1. The summed E-state index contributed by atoms with van der Waals surface area (Å²) in [7, 11) is 1.89. The molecule has 0 bridgehead atoms. The molecule has 0 unspecified atom stereocenters. The summed E-state index contributed by atoms with van der Waals surface area (Å²) in [6.45, 7) is 0.909. The van der Waals surface area contributed by atoms with Gasteiger partial charge in [0, 0.05) is 6.54 Å². The van der Waals surface area contributed by atoms with Gasteiger partial charge in [-0.15, -0.1) is 0 Å². The van der Waals surface area contributed by atoms with Crippen LogP contribution in [-0.2, 0) is 6.54 Å². The molecule has 0 aliphatic carbocycles. The van der Waals surface area contributed by atoms with Crippen LogP contribution in [0.4, 0.5) is 0 Å². The van der Waals surface area contributed by atoms with Gasteiger partial charge >= 0.3 is 0 Å². The molecular weight excluding hydrogens is 164 g/mol. The zero-order valence-electron chi connectivity index (χ0n) is 7.58. The highest BCUT2D eigenvalue weighted by atomic mass is 16.5. The van der Waals surface area contributed by atoms with Crippen molar-refractivity contribution in [1.82, 2.24) is 5.32 Å². The minimum absolute atomic E-state index is 0.100. The maximum absolute atomic E-state index is 8.31. The van der Waals surface area contributed by atoms with Crippen LogP contribution in [0.5, 0.6) is 5.75 Å². The Bertz CT molecular complexity index is 304. The number of ether oxygens (including phenoxy) is 1. The fourth-order valence-electron chi connectivity index (χ4n) is 1.06. The average molecular weight is 176 g/mol. The number of hydrogen-bond acceptors (Lipinski definition) is 3. The summed E-state index contributed by atoms with van der Waals surface area (Å²) < 4.78 is 5.15. The van der Waals surface area contributed by atoms with E-state index in [0.717, 1.165) is 17.9 Å². The number of nitrogens with zero attached hydrogens (tertiary/aromatic N) is 1. The van der Waals surface area contributed by atoms with E-state index in [4.69, 9.17) is 10.00 Å². The smallest absolute Gasteiger partial charge is 0.174 e. The first-order chi connectivity index (χ1) is 6.36. The summed E-state index contributed by atoms with van der Waals surface area (Å²) in [6, 6.07) is 9.62. The summed E-state index contributed by atoms with van der Waals surface area (Å²) >= 11 is 0. The van der Waals surface area contributed by atoms with Gasteiger partial charge in [-0.25, -0.2) is 0 Å². The van der Waals surface area contributed by atoms with Crippen LogP contribution in [0.2, 0.25) is 0 Å². The minimum Gasteiger partial charge on any atom is -0.479 e. The van der Waals surface area contributed by atoms with Crippen molar-refractivity contribution in [1.29, 1.82) is 5.26 Å². The van der Waals surface area contributed by atoms with Crippen LogP contribution in [0.3, 0.4) is 0 Å². The normalized spacial score (nSPS) is 9.23. The molecule has 0 radical (unpaired) electrons. The average Bonchev–Trinajstić information content (AvgIpc) is 2.16. The quantitative estimate of drug-likeness (QED) is 0.752. The fourth-order valence-corrected chi connectivity index (χ4v) is 1.06. The highest BCUT2D eigenvalue weighted by Crippen LogP contribution is 2.12. The van der Waals surface area contributed by atoms with E-state index in [2.05, 4.69) is 5.32 Å². The number of nitriles is 1. The third kappa shape index (κ3) is 3.14. The van der Waals surface area contributed by atoms with Gasteiger partial charge in [-0.3, -0.25) is 0 Å². The number of hydrogen-bond donors (Lipinski definition) is 1. The Hall–Kier alpha value is -1.53. The lowest BCUT2D eigenvalue weighted by atomic mass is 10.2. The summed E-state index contributed by atoms with van der Waals surface area (Å²) in [6.07, 6.45) is 0. The van der Waals surface area contributed by atoms with E-state index in [1.165, 1.54) is 0 Å².